The molecule has 5 rings (SSSR count). The summed E-state index contributed by atoms with van der Waals surface area (Å²) in [5.41, 5.74) is 3.14. The highest BCUT2D eigenvalue weighted by molar-refractivity contribution is 6.32. The highest BCUT2D eigenvalue weighted by Gasteiger charge is 2.23. The highest BCUT2D eigenvalue weighted by atomic mass is 35.5. The van der Waals surface area contributed by atoms with Gasteiger partial charge in [-0.3, -0.25) is 9.69 Å². The number of benzene rings is 3. The molecule has 190 valence electrons. The van der Waals surface area contributed by atoms with Crippen molar-refractivity contribution in [3.63, 3.8) is 0 Å². The fourth-order valence-electron chi connectivity index (χ4n) is 4.77. The molecular weight excluding hydrogens is 488 g/mol. The minimum atomic E-state index is -0.698. The molecule has 0 spiro atoms. The molecule has 0 bridgehead atoms. The van der Waals surface area contributed by atoms with Crippen molar-refractivity contribution in [2.45, 2.75) is 26.3 Å². The number of halogens is 1. The van der Waals surface area contributed by atoms with E-state index in [1.54, 1.807) is 6.07 Å². The van der Waals surface area contributed by atoms with Gasteiger partial charge >= 0.3 is 11.6 Å². The predicted molar refractivity (Wildman–Crippen MR) is 147 cm³/mol. The Morgan fingerprint density at radius 1 is 0.973 bits per heavy atom. The van der Waals surface area contributed by atoms with Crippen LogP contribution in [0.5, 0.6) is 5.75 Å². The van der Waals surface area contributed by atoms with Crippen molar-refractivity contribution in [3.05, 3.63) is 93.8 Å². The Hall–Kier alpha value is -3.61. The monoisotopic (exact) mass is 516 g/mol. The Bertz CT molecular complexity index is 1450. The van der Waals surface area contributed by atoms with Crippen LogP contribution in [0.4, 0.5) is 5.69 Å². The summed E-state index contributed by atoms with van der Waals surface area (Å²) >= 11 is 6.68. The van der Waals surface area contributed by atoms with Gasteiger partial charge in [0.25, 0.3) is 0 Å². The lowest BCUT2D eigenvalue weighted by atomic mass is 9.99. The fraction of sp³-hybridized carbons (Fsp3) is 0.267. The van der Waals surface area contributed by atoms with E-state index in [0.29, 0.717) is 34.5 Å². The second-order valence-electron chi connectivity index (χ2n) is 9.22. The van der Waals surface area contributed by atoms with Crippen LogP contribution in [0.3, 0.4) is 0 Å². The minimum absolute atomic E-state index is 0.0816. The lowest BCUT2D eigenvalue weighted by molar-refractivity contribution is -0.134. The van der Waals surface area contributed by atoms with E-state index in [1.165, 1.54) is 5.69 Å². The Kier molecular flexibility index (Phi) is 7.58. The second kappa shape index (κ2) is 11.2. The van der Waals surface area contributed by atoms with Crippen LogP contribution in [-0.2, 0) is 11.3 Å². The summed E-state index contributed by atoms with van der Waals surface area (Å²) in [6.45, 7) is 6.21. The maximum Gasteiger partial charge on any atom is 0.380 e. The van der Waals surface area contributed by atoms with Gasteiger partial charge in [-0.15, -0.1) is 0 Å². The first kappa shape index (κ1) is 25.1. The number of para-hydroxylation sites is 1. The Balaban J connectivity index is 1.49. The molecule has 0 radical (unpaired) electrons. The number of ether oxygens (including phenoxy) is 1. The Morgan fingerprint density at radius 2 is 1.65 bits per heavy atom. The maximum atomic E-state index is 12.9. The van der Waals surface area contributed by atoms with Crippen molar-refractivity contribution >= 4 is 34.2 Å². The molecule has 0 unspecified atom stereocenters. The summed E-state index contributed by atoms with van der Waals surface area (Å²) in [4.78, 5) is 30.0. The third-order valence-electron chi connectivity index (χ3n) is 6.65. The van der Waals surface area contributed by atoms with E-state index in [0.717, 1.165) is 37.3 Å². The van der Waals surface area contributed by atoms with Crippen molar-refractivity contribution in [1.82, 2.24) is 4.90 Å². The number of piperazine rings is 1. The van der Waals surface area contributed by atoms with Gasteiger partial charge in [0, 0.05) is 66.9 Å². The molecule has 1 aliphatic rings. The number of carbonyl (C=O) groups is 1. The lowest BCUT2D eigenvalue weighted by Gasteiger charge is -2.36. The van der Waals surface area contributed by atoms with Crippen LogP contribution in [0.1, 0.15) is 25.3 Å². The highest BCUT2D eigenvalue weighted by Crippen LogP contribution is 2.37. The van der Waals surface area contributed by atoms with Crippen molar-refractivity contribution in [3.8, 4) is 16.9 Å². The van der Waals surface area contributed by atoms with Crippen molar-refractivity contribution in [2.75, 3.05) is 31.1 Å². The average molecular weight is 517 g/mol. The van der Waals surface area contributed by atoms with Gasteiger partial charge in [-0.25, -0.2) is 4.79 Å². The van der Waals surface area contributed by atoms with Gasteiger partial charge in [-0.2, -0.15) is 0 Å². The average Bonchev–Trinajstić information content (AvgIpc) is 2.91. The Labute approximate surface area is 221 Å². The molecule has 1 saturated heterocycles. The molecule has 2 heterocycles. The zero-order chi connectivity index (χ0) is 25.8. The molecule has 0 aliphatic carbocycles. The molecule has 3 aromatic carbocycles. The van der Waals surface area contributed by atoms with E-state index in [2.05, 4.69) is 34.1 Å². The number of nitrogens with zero attached hydrogens (tertiary/aromatic N) is 2. The number of esters is 1. The van der Waals surface area contributed by atoms with E-state index in [1.807, 2.05) is 49.4 Å². The van der Waals surface area contributed by atoms with Crippen molar-refractivity contribution in [1.29, 1.82) is 0 Å². The summed E-state index contributed by atoms with van der Waals surface area (Å²) in [6.07, 6.45) is 0.836. The van der Waals surface area contributed by atoms with E-state index < -0.39 is 11.6 Å². The molecule has 0 amide bonds. The summed E-state index contributed by atoms with van der Waals surface area (Å²) in [5.74, 6) is -0.543. The van der Waals surface area contributed by atoms with Gasteiger partial charge in [0.1, 0.15) is 5.58 Å². The zero-order valence-electron chi connectivity index (χ0n) is 20.8. The predicted octanol–water partition coefficient (Wildman–Crippen LogP) is 6.14. The first-order valence-electron chi connectivity index (χ1n) is 12.6. The third kappa shape index (κ3) is 5.55. The van der Waals surface area contributed by atoms with Gasteiger partial charge in [0.2, 0.25) is 5.75 Å². The summed E-state index contributed by atoms with van der Waals surface area (Å²) in [5, 5.41) is 1.23. The van der Waals surface area contributed by atoms with Gasteiger partial charge in [0.05, 0.1) is 0 Å². The quantitative estimate of drug-likeness (QED) is 0.217. The number of hydrogen-bond acceptors (Lipinski definition) is 6. The molecule has 37 heavy (non-hydrogen) atoms. The molecule has 1 aliphatic heterocycles. The normalized spacial score (nSPS) is 14.2. The van der Waals surface area contributed by atoms with Gasteiger partial charge in [0.15, 0.2) is 0 Å². The number of fused-ring (bicyclic) bond motifs is 1. The maximum absolute atomic E-state index is 12.9. The first-order valence-corrected chi connectivity index (χ1v) is 13.0. The van der Waals surface area contributed by atoms with Crippen LogP contribution < -0.4 is 15.3 Å². The molecular formula is C30H29ClN2O4. The molecule has 4 aromatic rings. The summed E-state index contributed by atoms with van der Waals surface area (Å²) < 4.78 is 11.1. The Morgan fingerprint density at radius 3 is 2.32 bits per heavy atom. The van der Waals surface area contributed by atoms with Crippen LogP contribution in [-0.4, -0.2) is 37.0 Å². The largest absolute Gasteiger partial charge is 0.420 e. The fourth-order valence-corrected chi connectivity index (χ4v) is 4.98. The van der Waals surface area contributed by atoms with Crippen LogP contribution in [0, 0.1) is 0 Å². The molecule has 0 saturated carbocycles. The third-order valence-corrected chi connectivity index (χ3v) is 7.00. The number of rotatable bonds is 7. The van der Waals surface area contributed by atoms with Crippen molar-refractivity contribution in [2.24, 2.45) is 0 Å². The second-order valence-corrected chi connectivity index (χ2v) is 9.63. The van der Waals surface area contributed by atoms with E-state index in [4.69, 9.17) is 20.8 Å². The standard InChI is InChI=1S/C30H29ClN2O4/c1-2-9-27(34)37-29-28(21-10-5-3-6-11-21)24-18-22(25(31)19-26(24)36-30(29)35)20-32-14-16-33(17-15-32)23-12-7-4-8-13-23/h3-8,10-13,18-19H,2,9,14-17,20H2,1H3. The van der Waals surface area contributed by atoms with Crippen LogP contribution in [0.2, 0.25) is 5.02 Å². The minimum Gasteiger partial charge on any atom is -0.420 e. The van der Waals surface area contributed by atoms with Gasteiger partial charge in [-0.1, -0.05) is 67.1 Å². The van der Waals surface area contributed by atoms with E-state index >= 15 is 0 Å². The van der Waals surface area contributed by atoms with Gasteiger partial charge in [-0.05, 0) is 35.7 Å². The summed E-state index contributed by atoms with van der Waals surface area (Å²) in [7, 11) is 0. The van der Waals surface area contributed by atoms with E-state index in [-0.39, 0.29) is 12.2 Å². The van der Waals surface area contributed by atoms with Crippen LogP contribution in [0.15, 0.2) is 82.0 Å². The zero-order valence-corrected chi connectivity index (χ0v) is 21.5. The molecule has 6 nitrogen and oxygen atoms in total. The SMILES string of the molecule is CCCC(=O)Oc1c(-c2ccccc2)c2cc(CN3CCN(c4ccccc4)CC3)c(Cl)cc2oc1=O. The number of anilines is 1. The molecule has 0 N–H and O–H groups in total. The topological polar surface area (TPSA) is 63.0 Å². The molecule has 7 heteroatoms. The number of hydrogen-bond donors (Lipinski definition) is 0. The molecule has 1 fully saturated rings. The molecule has 1 aromatic heterocycles. The van der Waals surface area contributed by atoms with Crippen LogP contribution >= 0.6 is 11.6 Å². The smallest absolute Gasteiger partial charge is 0.380 e. The molecule has 0 atom stereocenters. The van der Waals surface area contributed by atoms with Crippen LogP contribution in [0.25, 0.3) is 22.1 Å². The van der Waals surface area contributed by atoms with Crippen molar-refractivity contribution < 1.29 is 13.9 Å². The first-order chi connectivity index (χ1) is 18.0. The lowest BCUT2D eigenvalue weighted by Crippen LogP contribution is -2.46. The van der Waals surface area contributed by atoms with E-state index in [9.17, 15) is 9.59 Å². The van der Waals surface area contributed by atoms with Gasteiger partial charge < -0.3 is 14.1 Å². The summed E-state index contributed by atoms with van der Waals surface area (Å²) in [6, 6.07) is 23.5. The number of carbonyl (C=O) groups excluding carboxylic acids is 1.